The molecule has 1 aliphatic heterocycles. The molecule has 0 saturated carbocycles. The highest BCUT2D eigenvalue weighted by Crippen LogP contribution is 2.41. The van der Waals surface area contributed by atoms with E-state index in [1.165, 1.54) is 12.0 Å². The molecule has 1 aromatic carbocycles. The Bertz CT molecular complexity index is 755. The topological polar surface area (TPSA) is 85.3 Å². The van der Waals surface area contributed by atoms with Gasteiger partial charge >= 0.3 is 0 Å². The van der Waals surface area contributed by atoms with Crippen LogP contribution >= 0.6 is 0 Å². The number of rotatable bonds is 10. The summed E-state index contributed by atoms with van der Waals surface area (Å²) in [7, 11) is 1.53. The van der Waals surface area contributed by atoms with Gasteiger partial charge in [-0.2, -0.15) is 0 Å². The Balaban J connectivity index is 2.53. The highest BCUT2D eigenvalue weighted by Gasteiger charge is 2.43. The zero-order valence-electron chi connectivity index (χ0n) is 17.2. The molecule has 154 valence electrons. The summed E-state index contributed by atoms with van der Waals surface area (Å²) in [5, 5.41) is 10.4. The van der Waals surface area contributed by atoms with Crippen LogP contribution in [0.3, 0.4) is 0 Å². The fraction of sp³-hybridized carbons (Fsp3) is 0.524. The Labute approximate surface area is 165 Å². The van der Waals surface area contributed by atoms with E-state index in [2.05, 4.69) is 0 Å². The van der Waals surface area contributed by atoms with Crippen LogP contribution in [0.2, 0.25) is 0 Å². The van der Waals surface area contributed by atoms with E-state index in [1.54, 1.807) is 25.1 Å². The first-order chi connectivity index (χ1) is 13.3. The number of benzene rings is 1. The van der Waals surface area contributed by atoms with Gasteiger partial charge < -0.3 is 24.2 Å². The fourth-order valence-electron chi connectivity index (χ4n) is 3.21. The van der Waals surface area contributed by atoms with Crippen LogP contribution in [0.4, 0.5) is 0 Å². The van der Waals surface area contributed by atoms with Gasteiger partial charge in [0.05, 0.1) is 30.9 Å². The van der Waals surface area contributed by atoms with Gasteiger partial charge in [-0.1, -0.05) is 13.0 Å². The van der Waals surface area contributed by atoms with Crippen molar-refractivity contribution in [2.24, 2.45) is 0 Å². The van der Waals surface area contributed by atoms with Gasteiger partial charge in [-0.25, -0.2) is 0 Å². The molecule has 1 unspecified atom stereocenters. The molecule has 1 atom stereocenters. The van der Waals surface area contributed by atoms with Crippen LogP contribution in [0.5, 0.6) is 11.5 Å². The van der Waals surface area contributed by atoms with E-state index in [0.29, 0.717) is 23.7 Å². The second kappa shape index (κ2) is 9.59. The van der Waals surface area contributed by atoms with Crippen molar-refractivity contribution in [3.63, 3.8) is 0 Å². The molecule has 0 saturated heterocycles. The molecule has 1 heterocycles. The first kappa shape index (κ1) is 21.8. The van der Waals surface area contributed by atoms with E-state index in [1.807, 2.05) is 20.8 Å². The van der Waals surface area contributed by atoms with E-state index >= 15 is 0 Å². The van der Waals surface area contributed by atoms with E-state index in [0.717, 1.165) is 0 Å². The number of amides is 1. The highest BCUT2D eigenvalue weighted by molar-refractivity contribution is 6.08. The van der Waals surface area contributed by atoms with E-state index < -0.39 is 17.7 Å². The minimum absolute atomic E-state index is 0.0301. The predicted octanol–water partition coefficient (Wildman–Crippen LogP) is 3.19. The van der Waals surface area contributed by atoms with Crippen LogP contribution in [0, 0.1) is 0 Å². The molecule has 0 fully saturated rings. The quantitative estimate of drug-likeness (QED) is 0.659. The predicted molar refractivity (Wildman–Crippen MR) is 105 cm³/mol. The number of Topliss-reactive ketones (excluding diaryl/α,β-unsaturated/α-hetero) is 1. The first-order valence-electron chi connectivity index (χ1n) is 9.55. The van der Waals surface area contributed by atoms with Gasteiger partial charge in [0.1, 0.15) is 0 Å². The van der Waals surface area contributed by atoms with Crippen LogP contribution in [-0.4, -0.2) is 54.7 Å². The second-order valence-corrected chi connectivity index (χ2v) is 6.74. The smallest absolute Gasteiger partial charge is 0.290 e. The molecule has 0 spiro atoms. The summed E-state index contributed by atoms with van der Waals surface area (Å²) in [5.74, 6) is -0.212. The normalized spacial score (nSPS) is 16.9. The molecule has 2 rings (SSSR count). The van der Waals surface area contributed by atoms with Crippen LogP contribution in [0.25, 0.3) is 0 Å². The van der Waals surface area contributed by atoms with Crippen molar-refractivity contribution in [2.45, 2.75) is 46.3 Å². The molecular formula is C21H29NO6. The van der Waals surface area contributed by atoms with E-state index in [4.69, 9.17) is 14.2 Å². The van der Waals surface area contributed by atoms with Gasteiger partial charge in [0.2, 0.25) is 0 Å². The molecule has 0 aliphatic carbocycles. The van der Waals surface area contributed by atoms with Crippen LogP contribution in [-0.2, 0) is 14.3 Å². The summed E-state index contributed by atoms with van der Waals surface area (Å²) >= 11 is 0. The number of ketones is 1. The van der Waals surface area contributed by atoms with Crippen molar-refractivity contribution in [1.29, 1.82) is 0 Å². The molecular weight excluding hydrogens is 362 g/mol. The second-order valence-electron chi connectivity index (χ2n) is 6.74. The Morgan fingerprint density at radius 3 is 2.54 bits per heavy atom. The minimum atomic E-state index is -0.692. The number of nitrogens with zero attached hydrogens (tertiary/aromatic N) is 1. The van der Waals surface area contributed by atoms with Gasteiger partial charge in [0.15, 0.2) is 23.0 Å². The Hall–Kier alpha value is -2.54. The number of carbonyl (C=O) groups is 2. The molecule has 28 heavy (non-hydrogen) atoms. The molecule has 0 bridgehead atoms. The molecule has 1 N–H and O–H groups in total. The fourth-order valence-corrected chi connectivity index (χ4v) is 3.21. The number of aliphatic hydroxyl groups excluding tert-OH is 1. The SMILES string of the molecule is CCOc1cc(C2C(C(=O)CC)=C(O)C(=O)N2CCOC)ccc1OC(C)C. The minimum Gasteiger partial charge on any atom is -0.503 e. The molecule has 1 aliphatic rings. The average molecular weight is 391 g/mol. The van der Waals surface area contributed by atoms with E-state index in [-0.39, 0.29) is 37.0 Å². The maximum atomic E-state index is 12.6. The number of hydrogen-bond acceptors (Lipinski definition) is 6. The van der Waals surface area contributed by atoms with Gasteiger partial charge in [-0.15, -0.1) is 0 Å². The third-order valence-corrected chi connectivity index (χ3v) is 4.41. The Morgan fingerprint density at radius 1 is 1.25 bits per heavy atom. The third kappa shape index (κ3) is 4.47. The number of hydrogen-bond donors (Lipinski definition) is 1. The number of carbonyl (C=O) groups excluding carboxylic acids is 2. The van der Waals surface area contributed by atoms with Crippen molar-refractivity contribution in [3.05, 3.63) is 35.1 Å². The largest absolute Gasteiger partial charge is 0.503 e. The summed E-state index contributed by atoms with van der Waals surface area (Å²) in [6.45, 7) is 8.39. The summed E-state index contributed by atoms with van der Waals surface area (Å²) in [4.78, 5) is 26.6. The van der Waals surface area contributed by atoms with E-state index in [9.17, 15) is 14.7 Å². The summed E-state index contributed by atoms with van der Waals surface area (Å²) in [6.07, 6.45) is 0.159. The lowest BCUT2D eigenvalue weighted by molar-refractivity contribution is -0.130. The van der Waals surface area contributed by atoms with Crippen molar-refractivity contribution in [3.8, 4) is 11.5 Å². The van der Waals surface area contributed by atoms with Gasteiger partial charge in [0.25, 0.3) is 5.91 Å². The molecule has 1 aromatic rings. The lowest BCUT2D eigenvalue weighted by Gasteiger charge is -2.27. The molecule has 7 nitrogen and oxygen atoms in total. The number of aliphatic hydroxyl groups is 1. The average Bonchev–Trinajstić information content (AvgIpc) is 2.91. The zero-order valence-corrected chi connectivity index (χ0v) is 17.2. The van der Waals surface area contributed by atoms with Crippen molar-refractivity contribution >= 4 is 11.7 Å². The standard InChI is InChI=1S/C21H29NO6/c1-6-15(23)18-19(22(10-11-26-5)21(25)20(18)24)14-8-9-16(28-13(3)4)17(12-14)27-7-2/h8-9,12-13,19,24H,6-7,10-11H2,1-5H3. The third-order valence-electron chi connectivity index (χ3n) is 4.41. The van der Waals surface area contributed by atoms with Gasteiger partial charge in [-0.3, -0.25) is 9.59 Å². The molecule has 0 radical (unpaired) electrons. The Morgan fingerprint density at radius 2 is 1.96 bits per heavy atom. The molecule has 1 amide bonds. The summed E-state index contributed by atoms with van der Waals surface area (Å²) < 4.78 is 16.6. The number of ether oxygens (including phenoxy) is 3. The van der Waals surface area contributed by atoms with Crippen LogP contribution in [0.15, 0.2) is 29.5 Å². The molecule has 0 aromatic heterocycles. The Kier molecular flexibility index (Phi) is 7.45. The maximum absolute atomic E-state index is 12.6. The lowest BCUT2D eigenvalue weighted by atomic mass is 9.94. The summed E-state index contributed by atoms with van der Waals surface area (Å²) in [5.41, 5.74) is 0.786. The van der Waals surface area contributed by atoms with Gasteiger partial charge in [-0.05, 0) is 38.5 Å². The lowest BCUT2D eigenvalue weighted by Crippen LogP contribution is -2.34. The van der Waals surface area contributed by atoms with Crippen molar-refractivity contribution in [1.82, 2.24) is 4.90 Å². The van der Waals surface area contributed by atoms with Crippen molar-refractivity contribution < 1.29 is 28.9 Å². The zero-order chi connectivity index (χ0) is 20.8. The first-order valence-corrected chi connectivity index (χ1v) is 9.55. The summed E-state index contributed by atoms with van der Waals surface area (Å²) in [6, 6.07) is 4.63. The van der Waals surface area contributed by atoms with Crippen LogP contribution in [0.1, 0.15) is 45.7 Å². The highest BCUT2D eigenvalue weighted by atomic mass is 16.5. The van der Waals surface area contributed by atoms with Crippen molar-refractivity contribution in [2.75, 3.05) is 26.9 Å². The monoisotopic (exact) mass is 391 g/mol. The van der Waals surface area contributed by atoms with Crippen LogP contribution < -0.4 is 9.47 Å². The molecule has 7 heteroatoms. The number of methoxy groups -OCH3 is 1. The maximum Gasteiger partial charge on any atom is 0.290 e. The van der Waals surface area contributed by atoms with Gasteiger partial charge in [0, 0.05) is 20.1 Å².